The summed E-state index contributed by atoms with van der Waals surface area (Å²) in [6.07, 6.45) is -6.38. The van der Waals surface area contributed by atoms with E-state index in [1.165, 1.54) is 13.2 Å². The molecule has 1 N–H and O–H groups in total. The zero-order chi connectivity index (χ0) is 38.5. The minimum atomic E-state index is -5.08. The van der Waals surface area contributed by atoms with Gasteiger partial charge in [0.1, 0.15) is 17.3 Å². The number of nitriles is 1. The number of alkyl halides is 6. The Labute approximate surface area is 296 Å². The van der Waals surface area contributed by atoms with Crippen molar-refractivity contribution in [1.82, 2.24) is 4.90 Å². The van der Waals surface area contributed by atoms with Crippen molar-refractivity contribution in [2.45, 2.75) is 77.3 Å². The van der Waals surface area contributed by atoms with Crippen LogP contribution in [0.1, 0.15) is 63.6 Å². The van der Waals surface area contributed by atoms with Crippen LogP contribution in [0.5, 0.6) is 5.75 Å². The highest BCUT2D eigenvalue weighted by molar-refractivity contribution is 7.81. The van der Waals surface area contributed by atoms with Crippen LogP contribution in [-0.4, -0.2) is 77.5 Å². The maximum atomic E-state index is 13.7. The number of amides is 1. The molecule has 2 heterocycles. The van der Waals surface area contributed by atoms with E-state index in [9.17, 15) is 35.9 Å². The molecule has 2 aliphatic rings. The second kappa shape index (κ2) is 16.3. The standard InChI is InChI=1S/C32H37F3N4O4S.C2HF3O2/c1-6-22-17-25(9-10-27(22)43-16-13-21-11-14-37(15-12-21)20(2)28(40)42-5)39-30(44)38(29(41)31(39,3)4)24-8-7-23(19-36)26(18-24)32(33,34)35;3-2(4,5)1(6)7/h7-10,17-18,20-21H,6,11-16H2,1-5H3;(H,6,7). The second-order valence-electron chi connectivity index (χ2n) is 12.4. The number of ether oxygens (including phenoxy) is 2. The van der Waals surface area contributed by atoms with Crippen molar-refractivity contribution in [1.29, 1.82) is 5.26 Å². The average Bonchev–Trinajstić information content (AvgIpc) is 3.25. The van der Waals surface area contributed by atoms with Crippen molar-refractivity contribution < 1.29 is 55.3 Å². The predicted molar refractivity (Wildman–Crippen MR) is 178 cm³/mol. The molecule has 1 atom stereocenters. The fraction of sp³-hybridized carbons (Fsp3) is 0.500. The molecule has 2 fully saturated rings. The molecule has 17 heteroatoms. The lowest BCUT2D eigenvalue weighted by atomic mass is 9.93. The first-order valence-corrected chi connectivity index (χ1v) is 16.3. The van der Waals surface area contributed by atoms with Crippen molar-refractivity contribution in [2.75, 3.05) is 36.6 Å². The van der Waals surface area contributed by atoms with Crippen LogP contribution in [-0.2, 0) is 31.7 Å². The Morgan fingerprint density at radius 3 is 2.18 bits per heavy atom. The number of carbonyl (C=O) groups excluding carboxylic acids is 2. The van der Waals surface area contributed by atoms with E-state index in [0.717, 1.165) is 60.7 Å². The molecule has 4 rings (SSSR count). The summed E-state index contributed by atoms with van der Waals surface area (Å²) >= 11 is 5.67. The third-order valence-corrected chi connectivity index (χ3v) is 9.17. The Hall–Kier alpha value is -4.43. The lowest BCUT2D eigenvalue weighted by molar-refractivity contribution is -0.192. The fourth-order valence-corrected chi connectivity index (χ4v) is 6.39. The molecule has 2 saturated heterocycles. The summed E-state index contributed by atoms with van der Waals surface area (Å²) in [7, 11) is 1.40. The van der Waals surface area contributed by atoms with Gasteiger partial charge >= 0.3 is 24.3 Å². The topological polar surface area (TPSA) is 123 Å². The van der Waals surface area contributed by atoms with E-state index in [4.69, 9.17) is 36.9 Å². The van der Waals surface area contributed by atoms with E-state index in [1.807, 2.05) is 26.0 Å². The van der Waals surface area contributed by atoms with Gasteiger partial charge < -0.3 is 19.5 Å². The maximum absolute atomic E-state index is 13.7. The van der Waals surface area contributed by atoms with Gasteiger partial charge in [-0.05, 0) is 120 Å². The Kier molecular flexibility index (Phi) is 13.1. The number of hydrogen-bond donors (Lipinski definition) is 1. The van der Waals surface area contributed by atoms with E-state index in [0.29, 0.717) is 24.6 Å². The van der Waals surface area contributed by atoms with Gasteiger partial charge in [-0.3, -0.25) is 19.4 Å². The molecule has 51 heavy (non-hydrogen) atoms. The first-order valence-electron chi connectivity index (χ1n) is 15.9. The number of rotatable bonds is 9. The van der Waals surface area contributed by atoms with Crippen molar-refractivity contribution in [3.05, 3.63) is 53.1 Å². The Balaban J connectivity index is 0.000000908. The number of piperidine rings is 1. The molecule has 0 radical (unpaired) electrons. The summed E-state index contributed by atoms with van der Waals surface area (Å²) in [5, 5.41) is 16.3. The molecule has 0 bridgehead atoms. The molecule has 2 aromatic rings. The lowest BCUT2D eigenvalue weighted by Crippen LogP contribution is -2.44. The summed E-state index contributed by atoms with van der Waals surface area (Å²) in [5.74, 6) is -2.25. The zero-order valence-electron chi connectivity index (χ0n) is 28.5. The van der Waals surface area contributed by atoms with E-state index in [1.54, 1.807) is 30.9 Å². The van der Waals surface area contributed by atoms with Crippen molar-refractivity contribution in [3.8, 4) is 11.8 Å². The largest absolute Gasteiger partial charge is 0.493 e. The summed E-state index contributed by atoms with van der Waals surface area (Å²) in [6.45, 7) is 9.39. The van der Waals surface area contributed by atoms with Crippen LogP contribution in [0.25, 0.3) is 0 Å². The van der Waals surface area contributed by atoms with Gasteiger partial charge in [-0.15, -0.1) is 0 Å². The highest BCUT2D eigenvalue weighted by Gasteiger charge is 2.51. The van der Waals surface area contributed by atoms with Crippen LogP contribution in [0.3, 0.4) is 0 Å². The van der Waals surface area contributed by atoms with E-state index < -0.39 is 40.9 Å². The number of nitrogens with zero attached hydrogens (tertiary/aromatic N) is 4. The molecular weight excluding hydrogens is 706 g/mol. The number of aryl methyl sites for hydroxylation is 1. The summed E-state index contributed by atoms with van der Waals surface area (Å²) in [4.78, 5) is 39.2. The number of hydrogen-bond acceptors (Lipinski definition) is 8. The smallest absolute Gasteiger partial charge is 0.490 e. The number of thiocarbonyl (C=S) groups is 1. The molecule has 278 valence electrons. The zero-order valence-corrected chi connectivity index (χ0v) is 29.3. The lowest BCUT2D eigenvalue weighted by Gasteiger charge is -2.34. The number of carboxylic acids is 1. The predicted octanol–water partition coefficient (Wildman–Crippen LogP) is 6.73. The molecule has 0 saturated carbocycles. The third-order valence-electron chi connectivity index (χ3n) is 8.80. The molecule has 1 amide bonds. The second-order valence-corrected chi connectivity index (χ2v) is 12.8. The molecule has 10 nitrogen and oxygen atoms in total. The van der Waals surface area contributed by atoms with Gasteiger partial charge in [-0.2, -0.15) is 31.6 Å². The van der Waals surface area contributed by atoms with E-state index in [2.05, 4.69) is 4.90 Å². The van der Waals surface area contributed by atoms with Crippen LogP contribution in [0.2, 0.25) is 0 Å². The third kappa shape index (κ3) is 9.47. The van der Waals surface area contributed by atoms with Crippen LogP contribution in [0.4, 0.5) is 37.7 Å². The Morgan fingerprint density at radius 1 is 1.08 bits per heavy atom. The minimum absolute atomic E-state index is 0.0430. The molecule has 0 spiro atoms. The fourth-order valence-electron chi connectivity index (χ4n) is 5.87. The van der Waals surface area contributed by atoms with Gasteiger partial charge in [0.2, 0.25) is 0 Å². The maximum Gasteiger partial charge on any atom is 0.490 e. The summed E-state index contributed by atoms with van der Waals surface area (Å²) in [5.41, 5.74) is -1.36. The molecule has 2 aliphatic heterocycles. The highest BCUT2D eigenvalue weighted by atomic mass is 32.1. The number of halogens is 6. The van der Waals surface area contributed by atoms with Crippen molar-refractivity contribution in [2.24, 2.45) is 5.92 Å². The number of esters is 1. The molecule has 2 aromatic carbocycles. The Morgan fingerprint density at radius 2 is 1.67 bits per heavy atom. The quantitative estimate of drug-likeness (QED) is 0.168. The number of carbonyl (C=O) groups is 3. The van der Waals surface area contributed by atoms with Crippen molar-refractivity contribution >= 4 is 46.6 Å². The normalized spacial score (nSPS) is 17.4. The van der Waals surface area contributed by atoms with Gasteiger partial charge in [0, 0.05) is 5.69 Å². The van der Waals surface area contributed by atoms with Gasteiger partial charge in [0.15, 0.2) is 5.11 Å². The molecular formula is C34H38F6N4O6S. The van der Waals surface area contributed by atoms with Crippen LogP contribution in [0.15, 0.2) is 36.4 Å². The first kappa shape index (κ1) is 41.0. The number of aliphatic carboxylic acids is 1. The van der Waals surface area contributed by atoms with Gasteiger partial charge in [0.05, 0.1) is 36.6 Å². The summed E-state index contributed by atoms with van der Waals surface area (Å²) in [6, 6.07) is 9.99. The first-order chi connectivity index (χ1) is 23.7. The molecule has 0 aliphatic carbocycles. The van der Waals surface area contributed by atoms with Gasteiger partial charge in [0.25, 0.3) is 5.91 Å². The van der Waals surface area contributed by atoms with Crippen LogP contribution < -0.4 is 14.5 Å². The Bertz CT molecular complexity index is 1670. The number of likely N-dealkylation sites (tertiary alicyclic amines) is 1. The highest BCUT2D eigenvalue weighted by Crippen LogP contribution is 2.40. The van der Waals surface area contributed by atoms with Gasteiger partial charge in [-0.25, -0.2) is 4.79 Å². The monoisotopic (exact) mass is 744 g/mol. The average molecular weight is 745 g/mol. The number of anilines is 2. The van der Waals surface area contributed by atoms with Gasteiger partial charge in [-0.1, -0.05) is 6.92 Å². The molecule has 0 aromatic heterocycles. The summed E-state index contributed by atoms with van der Waals surface area (Å²) < 4.78 is 83.8. The van der Waals surface area contributed by atoms with E-state index >= 15 is 0 Å². The number of carboxylic acid groups (broad SMARTS) is 1. The van der Waals surface area contributed by atoms with Crippen LogP contribution in [0, 0.1) is 17.2 Å². The SMILES string of the molecule is CCc1cc(N2C(=S)N(c3ccc(C#N)c(C(F)(F)F)c3)C(=O)C2(C)C)ccc1OCCC1CCN(C(C)C(=O)OC)CC1.O=C(O)C(F)(F)F. The number of benzene rings is 2. The van der Waals surface area contributed by atoms with E-state index in [-0.39, 0.29) is 22.8 Å². The number of methoxy groups -OCH3 is 1. The van der Waals surface area contributed by atoms with Crippen LogP contribution >= 0.6 is 12.2 Å². The van der Waals surface area contributed by atoms with Crippen molar-refractivity contribution in [3.63, 3.8) is 0 Å². The minimum Gasteiger partial charge on any atom is -0.493 e. The molecule has 1 unspecified atom stereocenters.